The summed E-state index contributed by atoms with van der Waals surface area (Å²) < 4.78 is 5.39. The Morgan fingerprint density at radius 2 is 2.00 bits per heavy atom. The van der Waals surface area contributed by atoms with Crippen LogP contribution in [-0.2, 0) is 11.2 Å². The number of ether oxygens (including phenoxy) is 1. The van der Waals surface area contributed by atoms with Crippen molar-refractivity contribution in [2.24, 2.45) is 5.92 Å². The number of rotatable bonds is 4. The Morgan fingerprint density at radius 3 is 2.75 bits per heavy atom. The number of carbonyl (C=O) groups excluding carboxylic acids is 1. The van der Waals surface area contributed by atoms with Crippen LogP contribution in [0.5, 0.6) is 5.75 Å². The highest BCUT2D eigenvalue weighted by molar-refractivity contribution is 8.01. The monoisotopic (exact) mass is 394 g/mol. The number of carbonyl (C=O) groups is 1. The standard InChI is InChI=1S/C23H26N2O2S/c1-27-18-6-2-4-16(12-18)19-7-3-5-17-13-21(28-22(17)19)23(26)24-20-14-25-10-8-15(20)9-11-25/h2-7,12,15,20-21H,8-11,13-14H2,1H3,(H,24,26)/t20-,21?/m0/s1. The molecule has 3 saturated heterocycles. The number of amides is 1. The minimum absolute atomic E-state index is 0.0304. The van der Waals surface area contributed by atoms with Gasteiger partial charge < -0.3 is 15.0 Å². The molecule has 0 aliphatic carbocycles. The van der Waals surface area contributed by atoms with E-state index in [0.29, 0.717) is 12.0 Å². The molecule has 6 rings (SSSR count). The van der Waals surface area contributed by atoms with Crippen molar-refractivity contribution in [2.45, 2.75) is 35.4 Å². The van der Waals surface area contributed by atoms with Crippen LogP contribution >= 0.6 is 11.8 Å². The van der Waals surface area contributed by atoms with Crippen LogP contribution in [0.4, 0.5) is 0 Å². The van der Waals surface area contributed by atoms with Gasteiger partial charge in [0.15, 0.2) is 0 Å². The lowest BCUT2D eigenvalue weighted by Gasteiger charge is -2.45. The maximum absolute atomic E-state index is 13.0. The lowest BCUT2D eigenvalue weighted by atomic mass is 9.84. The minimum Gasteiger partial charge on any atom is -0.497 e. The average molecular weight is 395 g/mol. The third-order valence-corrected chi connectivity index (χ3v) is 7.80. The summed E-state index contributed by atoms with van der Waals surface area (Å²) in [7, 11) is 1.69. The Hall–Kier alpha value is -1.98. The molecule has 146 valence electrons. The molecule has 4 heterocycles. The van der Waals surface area contributed by atoms with Crippen molar-refractivity contribution >= 4 is 17.7 Å². The van der Waals surface area contributed by atoms with Crippen molar-refractivity contribution in [2.75, 3.05) is 26.7 Å². The zero-order chi connectivity index (χ0) is 19.1. The van der Waals surface area contributed by atoms with Gasteiger partial charge >= 0.3 is 0 Å². The smallest absolute Gasteiger partial charge is 0.234 e. The number of fused-ring (bicyclic) bond motifs is 4. The first-order valence-corrected chi connectivity index (χ1v) is 11.0. The maximum Gasteiger partial charge on any atom is 0.234 e. The lowest BCUT2D eigenvalue weighted by Crippen LogP contribution is -2.58. The van der Waals surface area contributed by atoms with Gasteiger partial charge in [-0.15, -0.1) is 11.8 Å². The van der Waals surface area contributed by atoms with Crippen molar-refractivity contribution in [1.29, 1.82) is 0 Å². The third-order valence-electron chi connectivity index (χ3n) is 6.42. The highest BCUT2D eigenvalue weighted by Crippen LogP contribution is 2.44. The lowest BCUT2D eigenvalue weighted by molar-refractivity contribution is -0.122. The number of methoxy groups -OCH3 is 1. The Bertz CT molecular complexity index is 892. The third kappa shape index (κ3) is 3.31. The molecular formula is C23H26N2O2S. The van der Waals surface area contributed by atoms with E-state index in [-0.39, 0.29) is 11.2 Å². The minimum atomic E-state index is -0.0304. The molecule has 2 aromatic rings. The van der Waals surface area contributed by atoms with Crippen LogP contribution in [0.15, 0.2) is 47.4 Å². The zero-order valence-corrected chi connectivity index (χ0v) is 17.0. The van der Waals surface area contributed by atoms with E-state index < -0.39 is 0 Å². The molecule has 3 fully saturated rings. The Balaban J connectivity index is 1.33. The quantitative estimate of drug-likeness (QED) is 0.861. The molecule has 1 N–H and O–H groups in total. The van der Waals surface area contributed by atoms with Crippen LogP contribution in [0.25, 0.3) is 11.1 Å². The molecule has 2 atom stereocenters. The molecule has 4 aliphatic rings. The number of hydrogen-bond donors (Lipinski definition) is 1. The molecule has 0 spiro atoms. The molecule has 1 unspecified atom stereocenters. The molecule has 2 bridgehead atoms. The number of nitrogens with zero attached hydrogens (tertiary/aromatic N) is 1. The van der Waals surface area contributed by atoms with Crippen molar-refractivity contribution in [3.8, 4) is 16.9 Å². The largest absolute Gasteiger partial charge is 0.497 e. The van der Waals surface area contributed by atoms with E-state index in [4.69, 9.17) is 4.74 Å². The van der Waals surface area contributed by atoms with Gasteiger partial charge in [0, 0.05) is 17.5 Å². The van der Waals surface area contributed by atoms with Gasteiger partial charge in [-0.25, -0.2) is 0 Å². The number of benzene rings is 2. The summed E-state index contributed by atoms with van der Waals surface area (Å²) in [6.45, 7) is 3.42. The molecule has 4 aliphatic heterocycles. The molecule has 5 heteroatoms. The summed E-state index contributed by atoms with van der Waals surface area (Å²) in [5, 5.41) is 3.35. The summed E-state index contributed by atoms with van der Waals surface area (Å²) in [5.74, 6) is 1.72. The van der Waals surface area contributed by atoms with Crippen molar-refractivity contribution in [1.82, 2.24) is 10.2 Å². The fourth-order valence-corrected chi connectivity index (χ4v) is 6.17. The van der Waals surface area contributed by atoms with Crippen molar-refractivity contribution < 1.29 is 9.53 Å². The van der Waals surface area contributed by atoms with Gasteiger partial charge in [0.05, 0.1) is 12.4 Å². The molecular weight excluding hydrogens is 368 g/mol. The topological polar surface area (TPSA) is 41.6 Å². The van der Waals surface area contributed by atoms with Gasteiger partial charge in [0.2, 0.25) is 5.91 Å². The second kappa shape index (κ2) is 7.45. The SMILES string of the molecule is COc1cccc(-c2cccc3c2SC(C(=O)N[C@H]2CN4CCC2CC4)C3)c1. The second-order valence-corrected chi connectivity index (χ2v) is 9.30. The highest BCUT2D eigenvalue weighted by atomic mass is 32.2. The average Bonchev–Trinajstić information content (AvgIpc) is 3.19. The summed E-state index contributed by atoms with van der Waals surface area (Å²) in [6, 6.07) is 14.9. The molecule has 2 aromatic carbocycles. The normalized spacial score (nSPS) is 28.0. The molecule has 28 heavy (non-hydrogen) atoms. The first kappa shape index (κ1) is 18.1. The van der Waals surface area contributed by atoms with E-state index in [2.05, 4.69) is 40.5 Å². The van der Waals surface area contributed by atoms with Gasteiger partial charge in [0.25, 0.3) is 0 Å². The number of piperidine rings is 3. The summed E-state index contributed by atoms with van der Waals surface area (Å²) in [6.07, 6.45) is 3.26. The summed E-state index contributed by atoms with van der Waals surface area (Å²) >= 11 is 1.72. The van der Waals surface area contributed by atoms with Gasteiger partial charge in [0.1, 0.15) is 5.75 Å². The second-order valence-electron chi connectivity index (χ2n) is 8.09. The number of thioether (sulfide) groups is 1. The number of hydrogen-bond acceptors (Lipinski definition) is 4. The predicted molar refractivity (Wildman–Crippen MR) is 113 cm³/mol. The molecule has 4 nitrogen and oxygen atoms in total. The van der Waals surface area contributed by atoms with E-state index in [1.165, 1.54) is 42.0 Å². The molecule has 0 saturated carbocycles. The van der Waals surface area contributed by atoms with Crippen LogP contribution < -0.4 is 10.1 Å². The van der Waals surface area contributed by atoms with E-state index in [0.717, 1.165) is 24.3 Å². The first-order chi connectivity index (χ1) is 13.7. The first-order valence-electron chi connectivity index (χ1n) is 10.2. The maximum atomic E-state index is 13.0. The van der Waals surface area contributed by atoms with Crippen LogP contribution in [0.1, 0.15) is 18.4 Å². The number of nitrogens with one attached hydrogen (secondary N) is 1. The highest BCUT2D eigenvalue weighted by Gasteiger charge is 2.37. The van der Waals surface area contributed by atoms with E-state index in [1.807, 2.05) is 12.1 Å². The predicted octanol–water partition coefficient (Wildman–Crippen LogP) is 3.59. The Kier molecular flexibility index (Phi) is 4.81. The van der Waals surface area contributed by atoms with E-state index in [9.17, 15) is 4.79 Å². The van der Waals surface area contributed by atoms with E-state index >= 15 is 0 Å². The van der Waals surface area contributed by atoms with Crippen LogP contribution in [0, 0.1) is 5.92 Å². The van der Waals surface area contributed by atoms with Crippen LogP contribution in [0.2, 0.25) is 0 Å². The Labute approximate surface area is 170 Å². The summed E-state index contributed by atoms with van der Waals surface area (Å²) in [4.78, 5) is 16.8. The molecule has 0 aromatic heterocycles. The molecule has 1 amide bonds. The van der Waals surface area contributed by atoms with Crippen LogP contribution in [0.3, 0.4) is 0 Å². The molecule has 0 radical (unpaired) electrons. The van der Waals surface area contributed by atoms with Gasteiger partial charge in [-0.2, -0.15) is 0 Å². The fraction of sp³-hybridized carbons (Fsp3) is 0.435. The van der Waals surface area contributed by atoms with Gasteiger partial charge in [-0.05, 0) is 67.1 Å². The fourth-order valence-electron chi connectivity index (χ4n) is 4.84. The van der Waals surface area contributed by atoms with Crippen molar-refractivity contribution in [3.05, 3.63) is 48.0 Å². The van der Waals surface area contributed by atoms with Gasteiger partial charge in [-0.1, -0.05) is 30.3 Å². The Morgan fingerprint density at radius 1 is 1.18 bits per heavy atom. The summed E-state index contributed by atoms with van der Waals surface area (Å²) in [5.41, 5.74) is 3.61. The van der Waals surface area contributed by atoms with Crippen LogP contribution in [-0.4, -0.2) is 48.8 Å². The van der Waals surface area contributed by atoms with Crippen molar-refractivity contribution in [3.63, 3.8) is 0 Å². The van der Waals surface area contributed by atoms with Gasteiger partial charge in [-0.3, -0.25) is 4.79 Å². The zero-order valence-electron chi connectivity index (χ0n) is 16.2. The van der Waals surface area contributed by atoms with E-state index in [1.54, 1.807) is 18.9 Å².